The summed E-state index contributed by atoms with van der Waals surface area (Å²) in [7, 11) is 4.44. The number of carbonyl (C=O) groups excluding carboxylic acids is 1. The lowest BCUT2D eigenvalue weighted by Gasteiger charge is -2.15. The first-order chi connectivity index (χ1) is 13.3. The van der Waals surface area contributed by atoms with Crippen molar-refractivity contribution in [3.63, 3.8) is 0 Å². The minimum absolute atomic E-state index is 0.0268. The highest BCUT2D eigenvalue weighted by Gasteiger charge is 2.32. The quantitative estimate of drug-likeness (QED) is 0.721. The molecule has 28 heavy (non-hydrogen) atoms. The molecule has 0 atom stereocenters. The van der Waals surface area contributed by atoms with E-state index in [0.29, 0.717) is 23.7 Å². The number of aryl methyl sites for hydroxylation is 1. The van der Waals surface area contributed by atoms with Crippen LogP contribution in [-0.2, 0) is 11.2 Å². The summed E-state index contributed by atoms with van der Waals surface area (Å²) in [5.41, 5.74) is 0.680. The van der Waals surface area contributed by atoms with E-state index in [9.17, 15) is 18.0 Å². The van der Waals surface area contributed by atoms with Crippen molar-refractivity contribution in [1.82, 2.24) is 0 Å². The van der Waals surface area contributed by atoms with Crippen LogP contribution < -0.4 is 24.3 Å². The van der Waals surface area contributed by atoms with Gasteiger partial charge in [-0.1, -0.05) is 12.1 Å². The number of alkyl halides is 3. The second kappa shape index (κ2) is 9.20. The fraction of sp³-hybridized carbons (Fsp3) is 0.316. The Kier molecular flexibility index (Phi) is 6.97. The molecule has 1 N–H and O–H groups in total. The third kappa shape index (κ3) is 5.70. The number of halogens is 3. The Morgan fingerprint density at radius 1 is 0.964 bits per heavy atom. The van der Waals surface area contributed by atoms with Gasteiger partial charge in [-0.15, -0.1) is 13.2 Å². The van der Waals surface area contributed by atoms with Gasteiger partial charge < -0.3 is 24.3 Å². The van der Waals surface area contributed by atoms with E-state index in [0.717, 1.165) is 11.6 Å². The summed E-state index contributed by atoms with van der Waals surface area (Å²) >= 11 is 0. The van der Waals surface area contributed by atoms with Crippen LogP contribution in [0.15, 0.2) is 36.4 Å². The number of hydrogen-bond donors (Lipinski definition) is 1. The lowest BCUT2D eigenvalue weighted by molar-refractivity contribution is -0.274. The molecule has 0 fully saturated rings. The number of para-hydroxylation sites is 2. The molecule has 2 rings (SSSR count). The number of amides is 1. The zero-order valence-corrected chi connectivity index (χ0v) is 15.6. The average Bonchev–Trinajstić information content (AvgIpc) is 2.65. The molecule has 0 saturated carbocycles. The number of anilines is 1. The van der Waals surface area contributed by atoms with Crippen LogP contribution in [0.2, 0.25) is 0 Å². The van der Waals surface area contributed by atoms with Crippen molar-refractivity contribution in [2.75, 3.05) is 26.6 Å². The molecule has 6 nitrogen and oxygen atoms in total. The van der Waals surface area contributed by atoms with Crippen LogP contribution in [0, 0.1) is 0 Å². The molecule has 0 bridgehead atoms. The third-order valence-corrected chi connectivity index (χ3v) is 3.75. The zero-order chi connectivity index (χ0) is 20.7. The van der Waals surface area contributed by atoms with E-state index in [1.165, 1.54) is 39.5 Å². The Morgan fingerprint density at radius 3 is 2.11 bits per heavy atom. The van der Waals surface area contributed by atoms with Crippen molar-refractivity contribution in [3.05, 3.63) is 42.0 Å². The summed E-state index contributed by atoms with van der Waals surface area (Å²) in [5, 5.41) is 2.43. The van der Waals surface area contributed by atoms with Gasteiger partial charge >= 0.3 is 6.36 Å². The molecule has 0 aliphatic heterocycles. The number of rotatable bonds is 8. The van der Waals surface area contributed by atoms with Crippen molar-refractivity contribution >= 4 is 11.6 Å². The van der Waals surface area contributed by atoms with Crippen LogP contribution in [0.4, 0.5) is 18.9 Å². The van der Waals surface area contributed by atoms with Crippen molar-refractivity contribution < 1.29 is 36.9 Å². The van der Waals surface area contributed by atoms with Gasteiger partial charge in [0.25, 0.3) is 0 Å². The second-order valence-electron chi connectivity index (χ2n) is 5.63. The van der Waals surface area contributed by atoms with Crippen LogP contribution in [0.5, 0.6) is 23.0 Å². The van der Waals surface area contributed by atoms with E-state index in [2.05, 4.69) is 10.1 Å². The number of nitrogens with one attached hydrogen (secondary N) is 1. The highest BCUT2D eigenvalue weighted by atomic mass is 19.4. The summed E-state index contributed by atoms with van der Waals surface area (Å²) in [6.45, 7) is 0. The first kappa shape index (κ1) is 21.2. The van der Waals surface area contributed by atoms with Gasteiger partial charge in [0.2, 0.25) is 11.7 Å². The lowest BCUT2D eigenvalue weighted by atomic mass is 10.1. The van der Waals surface area contributed by atoms with E-state index in [1.54, 1.807) is 12.1 Å². The van der Waals surface area contributed by atoms with Crippen molar-refractivity contribution in [1.29, 1.82) is 0 Å². The largest absolute Gasteiger partial charge is 0.573 e. The fourth-order valence-electron chi connectivity index (χ4n) is 2.53. The first-order valence-corrected chi connectivity index (χ1v) is 8.21. The molecule has 9 heteroatoms. The Bertz CT molecular complexity index is 798. The van der Waals surface area contributed by atoms with Gasteiger partial charge in [-0.3, -0.25) is 4.79 Å². The number of hydrogen-bond acceptors (Lipinski definition) is 5. The van der Waals surface area contributed by atoms with Crippen molar-refractivity contribution in [2.45, 2.75) is 19.2 Å². The van der Waals surface area contributed by atoms with Crippen LogP contribution in [0.1, 0.15) is 12.0 Å². The van der Waals surface area contributed by atoms with Gasteiger partial charge in [-0.2, -0.15) is 0 Å². The maximum atomic E-state index is 12.5. The average molecular weight is 399 g/mol. The molecule has 1 amide bonds. The van der Waals surface area contributed by atoms with Crippen LogP contribution in [0.3, 0.4) is 0 Å². The maximum Gasteiger partial charge on any atom is 0.573 e. The Labute approximate surface area is 160 Å². The van der Waals surface area contributed by atoms with Crippen LogP contribution in [0.25, 0.3) is 0 Å². The Morgan fingerprint density at radius 2 is 1.57 bits per heavy atom. The van der Waals surface area contributed by atoms with Crippen LogP contribution in [-0.4, -0.2) is 33.6 Å². The zero-order valence-electron chi connectivity index (χ0n) is 15.6. The summed E-state index contributed by atoms with van der Waals surface area (Å²) < 4.78 is 57.1. The van der Waals surface area contributed by atoms with Crippen molar-refractivity contribution in [2.24, 2.45) is 0 Å². The van der Waals surface area contributed by atoms with Gasteiger partial charge in [-0.05, 0) is 36.2 Å². The lowest BCUT2D eigenvalue weighted by Crippen LogP contribution is -2.19. The third-order valence-electron chi connectivity index (χ3n) is 3.75. The fourth-order valence-corrected chi connectivity index (χ4v) is 2.53. The van der Waals surface area contributed by atoms with E-state index in [1.807, 2.05) is 0 Å². The SMILES string of the molecule is COc1cc(CCC(=O)Nc2ccccc2OC(F)(F)F)cc(OC)c1OC. The van der Waals surface area contributed by atoms with E-state index in [4.69, 9.17) is 14.2 Å². The molecule has 0 heterocycles. The molecule has 0 saturated heterocycles. The Hall–Kier alpha value is -3.10. The molecule has 0 aliphatic carbocycles. The molecule has 0 radical (unpaired) electrons. The molecule has 0 unspecified atom stereocenters. The monoisotopic (exact) mass is 399 g/mol. The van der Waals surface area contributed by atoms with Gasteiger partial charge in [0.05, 0.1) is 27.0 Å². The molecule has 2 aromatic carbocycles. The van der Waals surface area contributed by atoms with Crippen molar-refractivity contribution in [3.8, 4) is 23.0 Å². The maximum absolute atomic E-state index is 12.5. The predicted molar refractivity (Wildman–Crippen MR) is 96.2 cm³/mol. The number of carbonyl (C=O) groups is 1. The summed E-state index contributed by atoms with van der Waals surface area (Å²) in [6.07, 6.45) is -4.51. The molecular weight excluding hydrogens is 379 g/mol. The summed E-state index contributed by atoms with van der Waals surface area (Å²) in [5.74, 6) is 0.377. The summed E-state index contributed by atoms with van der Waals surface area (Å²) in [4.78, 5) is 12.2. The van der Waals surface area contributed by atoms with E-state index < -0.39 is 18.0 Å². The molecular formula is C19H20F3NO5. The van der Waals surface area contributed by atoms with E-state index >= 15 is 0 Å². The van der Waals surface area contributed by atoms with Gasteiger partial charge in [0, 0.05) is 6.42 Å². The second-order valence-corrected chi connectivity index (χ2v) is 5.63. The topological polar surface area (TPSA) is 66.0 Å². The normalized spacial score (nSPS) is 10.9. The first-order valence-electron chi connectivity index (χ1n) is 8.21. The predicted octanol–water partition coefficient (Wildman–Crippen LogP) is 4.18. The number of ether oxygens (including phenoxy) is 4. The van der Waals surface area contributed by atoms with Crippen LogP contribution >= 0.6 is 0 Å². The Balaban J connectivity index is 2.08. The highest BCUT2D eigenvalue weighted by molar-refractivity contribution is 5.92. The molecule has 152 valence electrons. The number of methoxy groups -OCH3 is 3. The highest BCUT2D eigenvalue weighted by Crippen LogP contribution is 2.38. The smallest absolute Gasteiger partial charge is 0.493 e. The summed E-state index contributed by atoms with van der Waals surface area (Å²) in [6, 6.07) is 8.75. The van der Waals surface area contributed by atoms with Gasteiger partial charge in [0.15, 0.2) is 17.2 Å². The standard InChI is InChI=1S/C19H20F3NO5/c1-25-15-10-12(11-16(26-2)18(15)27-3)8-9-17(24)23-13-6-4-5-7-14(13)28-19(20,21)22/h4-7,10-11H,8-9H2,1-3H3,(H,23,24). The minimum Gasteiger partial charge on any atom is -0.493 e. The molecule has 0 aliphatic rings. The number of benzene rings is 2. The molecule has 0 spiro atoms. The minimum atomic E-state index is -4.85. The van der Waals surface area contributed by atoms with Gasteiger partial charge in [0.1, 0.15) is 0 Å². The molecule has 2 aromatic rings. The van der Waals surface area contributed by atoms with E-state index in [-0.39, 0.29) is 12.1 Å². The van der Waals surface area contributed by atoms with Gasteiger partial charge in [-0.25, -0.2) is 0 Å². The molecule has 0 aromatic heterocycles.